The number of imide groups is 2. The topological polar surface area (TPSA) is 92.3 Å². The minimum Gasteiger partial charge on any atom is -0.269 e. The van der Waals surface area contributed by atoms with Crippen LogP contribution >= 0.6 is 0 Å². The van der Waals surface area contributed by atoms with Crippen LogP contribution in [0.1, 0.15) is 11.5 Å². The smallest absolute Gasteiger partial charge is 0.269 e. The number of carbonyl (C=O) groups excluding carboxylic acids is 3. The molecule has 0 aliphatic carbocycles. The van der Waals surface area contributed by atoms with Gasteiger partial charge in [0.1, 0.15) is 5.82 Å². The van der Waals surface area contributed by atoms with Crippen molar-refractivity contribution in [2.45, 2.75) is 13.5 Å². The van der Waals surface area contributed by atoms with E-state index in [-0.39, 0.29) is 6.54 Å². The zero-order valence-electron chi connectivity index (χ0n) is 8.43. The second kappa shape index (κ2) is 3.69. The van der Waals surface area contributed by atoms with E-state index in [4.69, 9.17) is 0 Å². The number of nitrogens with one attached hydrogen (secondary N) is 1. The van der Waals surface area contributed by atoms with Gasteiger partial charge in [-0.2, -0.15) is 0 Å². The lowest BCUT2D eigenvalue weighted by atomic mass is 10.3. The third-order valence-electron chi connectivity index (χ3n) is 2.06. The van der Waals surface area contributed by atoms with Crippen molar-refractivity contribution in [2.24, 2.45) is 0 Å². The average molecular weight is 220 g/mol. The summed E-state index contributed by atoms with van der Waals surface area (Å²) in [7, 11) is 0. The van der Waals surface area contributed by atoms with Gasteiger partial charge in [-0.15, -0.1) is 0 Å². The second-order valence-corrected chi connectivity index (χ2v) is 3.25. The minimum absolute atomic E-state index is 0.0280. The number of urea groups is 1. The number of carbonyl (C=O) groups is 3. The summed E-state index contributed by atoms with van der Waals surface area (Å²) >= 11 is 0. The molecule has 2 heterocycles. The third kappa shape index (κ3) is 1.74. The third-order valence-corrected chi connectivity index (χ3v) is 2.06. The van der Waals surface area contributed by atoms with Gasteiger partial charge in [0.05, 0.1) is 12.2 Å². The summed E-state index contributed by atoms with van der Waals surface area (Å²) in [6.07, 6.45) is 1.53. The van der Waals surface area contributed by atoms with E-state index in [9.17, 15) is 14.4 Å². The Kier molecular flexibility index (Phi) is 2.35. The summed E-state index contributed by atoms with van der Waals surface area (Å²) in [5.74, 6) is -1.23. The Bertz CT molecular complexity index is 485. The van der Waals surface area contributed by atoms with Gasteiger partial charge >= 0.3 is 17.8 Å². The predicted molar refractivity (Wildman–Crippen MR) is 50.9 cm³/mol. The Labute approximate surface area is 90.5 Å². The number of amides is 4. The van der Waals surface area contributed by atoms with Crippen LogP contribution in [0, 0.1) is 6.92 Å². The summed E-state index contributed by atoms with van der Waals surface area (Å²) in [4.78, 5) is 42.1. The molecule has 0 radical (unpaired) electrons. The van der Waals surface area contributed by atoms with Crippen molar-refractivity contribution < 1.29 is 14.4 Å². The van der Waals surface area contributed by atoms with Gasteiger partial charge in [0.2, 0.25) is 0 Å². The molecule has 7 nitrogen and oxygen atoms in total. The molecule has 1 N–H and O–H groups in total. The molecule has 0 unspecified atom stereocenters. The molecule has 16 heavy (non-hydrogen) atoms. The van der Waals surface area contributed by atoms with Crippen LogP contribution < -0.4 is 5.32 Å². The van der Waals surface area contributed by atoms with Gasteiger partial charge in [0.15, 0.2) is 0 Å². The average Bonchev–Trinajstić information content (AvgIpc) is 2.45. The number of hydrogen-bond donors (Lipinski definition) is 1. The Morgan fingerprint density at radius 3 is 2.69 bits per heavy atom. The Morgan fingerprint density at radius 2 is 2.12 bits per heavy atom. The molecule has 4 amide bonds. The molecule has 0 atom stereocenters. The van der Waals surface area contributed by atoms with Crippen molar-refractivity contribution in [1.82, 2.24) is 20.2 Å². The lowest BCUT2D eigenvalue weighted by Gasteiger charge is -2.10. The van der Waals surface area contributed by atoms with E-state index in [2.05, 4.69) is 9.97 Å². The SMILES string of the molecule is Cc1nccc(CN2C(=O)NC(=O)C2=O)n1. The van der Waals surface area contributed by atoms with Crippen LogP contribution in [0.3, 0.4) is 0 Å². The van der Waals surface area contributed by atoms with Crippen LogP contribution in [0.4, 0.5) is 4.79 Å². The normalized spacial score (nSPS) is 15.6. The molecule has 1 aromatic heterocycles. The molecule has 1 saturated heterocycles. The molecule has 1 aromatic rings. The Balaban J connectivity index is 2.19. The maximum atomic E-state index is 11.3. The van der Waals surface area contributed by atoms with Crippen molar-refractivity contribution in [3.8, 4) is 0 Å². The zero-order valence-corrected chi connectivity index (χ0v) is 8.43. The van der Waals surface area contributed by atoms with Gasteiger partial charge in [-0.05, 0) is 13.0 Å². The second-order valence-electron chi connectivity index (χ2n) is 3.25. The van der Waals surface area contributed by atoms with Crippen molar-refractivity contribution in [3.63, 3.8) is 0 Å². The van der Waals surface area contributed by atoms with E-state index < -0.39 is 17.8 Å². The van der Waals surface area contributed by atoms with Crippen LogP contribution in [-0.2, 0) is 16.1 Å². The van der Waals surface area contributed by atoms with Crippen LogP contribution in [0.5, 0.6) is 0 Å². The maximum Gasteiger partial charge on any atom is 0.331 e. The number of hydrogen-bond acceptors (Lipinski definition) is 5. The lowest BCUT2D eigenvalue weighted by Crippen LogP contribution is -2.30. The molecular formula is C9H8N4O3. The Morgan fingerprint density at radius 1 is 1.38 bits per heavy atom. The Hall–Kier alpha value is -2.31. The number of nitrogens with zero attached hydrogens (tertiary/aromatic N) is 3. The number of aryl methyl sites for hydroxylation is 1. The summed E-state index contributed by atoms with van der Waals surface area (Å²) in [6.45, 7) is 1.67. The highest BCUT2D eigenvalue weighted by Crippen LogP contribution is 2.06. The van der Waals surface area contributed by atoms with Gasteiger partial charge in [-0.25, -0.2) is 19.7 Å². The van der Waals surface area contributed by atoms with E-state index in [0.29, 0.717) is 11.5 Å². The first-order chi connectivity index (χ1) is 7.58. The van der Waals surface area contributed by atoms with Gasteiger partial charge in [0, 0.05) is 6.20 Å². The van der Waals surface area contributed by atoms with Crippen molar-refractivity contribution >= 4 is 17.8 Å². The van der Waals surface area contributed by atoms with Gasteiger partial charge in [-0.1, -0.05) is 0 Å². The van der Waals surface area contributed by atoms with Crippen LogP contribution in [0.15, 0.2) is 12.3 Å². The van der Waals surface area contributed by atoms with Crippen LogP contribution in [-0.4, -0.2) is 32.7 Å². The van der Waals surface area contributed by atoms with Gasteiger partial charge < -0.3 is 0 Å². The molecule has 0 aromatic carbocycles. The van der Waals surface area contributed by atoms with Crippen molar-refractivity contribution in [1.29, 1.82) is 0 Å². The lowest BCUT2D eigenvalue weighted by molar-refractivity contribution is -0.140. The standard InChI is InChI=1S/C9H8N4O3/c1-5-10-3-2-6(11-5)4-13-8(15)7(14)12-9(13)16/h2-3H,4H2,1H3,(H,12,14,16). The van der Waals surface area contributed by atoms with Crippen LogP contribution in [0.25, 0.3) is 0 Å². The fraction of sp³-hybridized carbons (Fsp3) is 0.222. The molecule has 1 fully saturated rings. The fourth-order valence-corrected chi connectivity index (χ4v) is 1.33. The molecule has 1 aliphatic rings. The van der Waals surface area contributed by atoms with Crippen molar-refractivity contribution in [2.75, 3.05) is 0 Å². The van der Waals surface area contributed by atoms with Crippen LogP contribution in [0.2, 0.25) is 0 Å². The van der Waals surface area contributed by atoms with Crippen molar-refractivity contribution in [3.05, 3.63) is 23.8 Å². The quantitative estimate of drug-likeness (QED) is 0.528. The molecular weight excluding hydrogens is 212 g/mol. The summed E-state index contributed by atoms with van der Waals surface area (Å²) in [5.41, 5.74) is 0.505. The van der Waals surface area contributed by atoms with Gasteiger partial charge in [0.25, 0.3) is 0 Å². The molecule has 1 aliphatic heterocycles. The molecule has 7 heteroatoms. The highest BCUT2D eigenvalue weighted by atomic mass is 16.2. The number of rotatable bonds is 2. The largest absolute Gasteiger partial charge is 0.331 e. The van der Waals surface area contributed by atoms with Gasteiger partial charge in [-0.3, -0.25) is 14.9 Å². The first kappa shape index (κ1) is 10.2. The monoisotopic (exact) mass is 220 g/mol. The number of aromatic nitrogens is 2. The summed E-state index contributed by atoms with van der Waals surface area (Å²) in [5, 5.41) is 1.91. The summed E-state index contributed by atoms with van der Waals surface area (Å²) in [6, 6.07) is 0.863. The van der Waals surface area contributed by atoms with E-state index in [1.165, 1.54) is 6.20 Å². The minimum atomic E-state index is -0.907. The highest BCUT2D eigenvalue weighted by Gasteiger charge is 2.36. The highest BCUT2D eigenvalue weighted by molar-refractivity contribution is 6.44. The fourth-order valence-electron chi connectivity index (χ4n) is 1.33. The molecule has 0 bridgehead atoms. The molecule has 0 saturated carbocycles. The van der Waals surface area contributed by atoms with E-state index in [1.54, 1.807) is 13.0 Å². The van der Waals surface area contributed by atoms with E-state index >= 15 is 0 Å². The molecule has 0 spiro atoms. The van der Waals surface area contributed by atoms with E-state index in [1.807, 2.05) is 5.32 Å². The zero-order chi connectivity index (χ0) is 11.7. The molecule has 82 valence electrons. The maximum absolute atomic E-state index is 11.3. The first-order valence-corrected chi connectivity index (χ1v) is 4.53. The molecule has 2 rings (SSSR count). The van der Waals surface area contributed by atoms with E-state index in [0.717, 1.165) is 4.90 Å². The predicted octanol–water partition coefficient (Wildman–Crippen LogP) is -0.637. The first-order valence-electron chi connectivity index (χ1n) is 4.53. The summed E-state index contributed by atoms with van der Waals surface area (Å²) < 4.78 is 0.